The van der Waals surface area contributed by atoms with Gasteiger partial charge in [0.1, 0.15) is 11.7 Å². The van der Waals surface area contributed by atoms with Gasteiger partial charge in [0.2, 0.25) is 0 Å². The maximum absolute atomic E-state index is 11.9. The highest BCUT2D eigenvalue weighted by molar-refractivity contribution is 7.07. The molecule has 0 saturated carbocycles. The summed E-state index contributed by atoms with van der Waals surface area (Å²) in [5.41, 5.74) is 1.84. The zero-order valence-corrected chi connectivity index (χ0v) is 10.2. The summed E-state index contributed by atoms with van der Waals surface area (Å²) >= 11 is 1.31. The number of carboxylic acid groups (broad SMARTS) is 1. The van der Waals surface area contributed by atoms with E-state index in [4.69, 9.17) is 5.11 Å². The topological polar surface area (TPSA) is 70.5 Å². The van der Waals surface area contributed by atoms with Gasteiger partial charge in [0.25, 0.3) is 5.91 Å². The molecule has 5 nitrogen and oxygen atoms in total. The second-order valence-corrected chi connectivity index (χ2v) is 4.54. The highest BCUT2D eigenvalue weighted by atomic mass is 32.1. The number of amides is 1. The average Bonchev–Trinajstić information content (AvgIpc) is 2.67. The van der Waals surface area contributed by atoms with E-state index in [0.29, 0.717) is 5.69 Å². The van der Waals surface area contributed by atoms with E-state index in [1.54, 1.807) is 24.7 Å². The minimum absolute atomic E-state index is 0.148. The molecular formula is C10H14N2O3S. The normalized spacial score (nSPS) is 12.5. The lowest BCUT2D eigenvalue weighted by atomic mass is 10.0. The van der Waals surface area contributed by atoms with Crippen molar-refractivity contribution in [3.05, 3.63) is 16.6 Å². The molecule has 0 radical (unpaired) electrons. The van der Waals surface area contributed by atoms with E-state index < -0.39 is 12.0 Å². The van der Waals surface area contributed by atoms with Gasteiger partial charge in [-0.15, -0.1) is 11.3 Å². The maximum atomic E-state index is 11.9. The third-order valence-electron chi connectivity index (χ3n) is 2.27. The Balaban J connectivity index is 2.87. The molecule has 0 fully saturated rings. The van der Waals surface area contributed by atoms with Gasteiger partial charge in [-0.05, 0) is 5.92 Å². The Morgan fingerprint density at radius 1 is 1.50 bits per heavy atom. The average molecular weight is 242 g/mol. The molecule has 16 heavy (non-hydrogen) atoms. The zero-order valence-electron chi connectivity index (χ0n) is 9.38. The summed E-state index contributed by atoms with van der Waals surface area (Å²) < 4.78 is 0. The van der Waals surface area contributed by atoms with Crippen molar-refractivity contribution in [2.75, 3.05) is 7.05 Å². The van der Waals surface area contributed by atoms with Crippen molar-refractivity contribution in [3.8, 4) is 0 Å². The zero-order chi connectivity index (χ0) is 12.3. The van der Waals surface area contributed by atoms with E-state index in [-0.39, 0.29) is 11.8 Å². The molecule has 1 atom stereocenters. The van der Waals surface area contributed by atoms with Crippen LogP contribution in [0.4, 0.5) is 0 Å². The van der Waals surface area contributed by atoms with Crippen LogP contribution in [0.5, 0.6) is 0 Å². The number of carboxylic acids is 1. The molecule has 0 aromatic carbocycles. The number of thiazole rings is 1. The van der Waals surface area contributed by atoms with Gasteiger partial charge in [-0.3, -0.25) is 4.79 Å². The molecule has 0 aliphatic carbocycles. The maximum Gasteiger partial charge on any atom is 0.326 e. The van der Waals surface area contributed by atoms with Crippen LogP contribution in [0.2, 0.25) is 0 Å². The molecule has 1 aromatic rings. The van der Waals surface area contributed by atoms with Crippen LogP contribution in [-0.4, -0.2) is 40.0 Å². The van der Waals surface area contributed by atoms with Gasteiger partial charge in [-0.25, -0.2) is 9.78 Å². The molecule has 88 valence electrons. The number of carbonyl (C=O) groups is 2. The molecule has 1 amide bonds. The molecule has 0 aliphatic rings. The van der Waals surface area contributed by atoms with Crippen molar-refractivity contribution in [1.29, 1.82) is 0 Å². The van der Waals surface area contributed by atoms with E-state index >= 15 is 0 Å². The third kappa shape index (κ3) is 2.57. The van der Waals surface area contributed by atoms with Gasteiger partial charge >= 0.3 is 5.97 Å². The lowest BCUT2D eigenvalue weighted by molar-refractivity contribution is -0.143. The summed E-state index contributed by atoms with van der Waals surface area (Å²) in [4.78, 5) is 28.0. The van der Waals surface area contributed by atoms with E-state index in [1.807, 2.05) is 0 Å². The summed E-state index contributed by atoms with van der Waals surface area (Å²) in [6.45, 7) is 3.53. The minimum atomic E-state index is -0.999. The predicted molar refractivity (Wildman–Crippen MR) is 60.5 cm³/mol. The number of aliphatic carboxylic acids is 1. The molecule has 0 spiro atoms. The molecule has 1 N–H and O–H groups in total. The van der Waals surface area contributed by atoms with E-state index in [1.165, 1.54) is 23.3 Å². The standard InChI is InChI=1S/C10H14N2O3S/c1-6(2)8(10(14)15)12(3)9(13)7-4-16-5-11-7/h4-6,8H,1-3H3,(H,14,15). The van der Waals surface area contributed by atoms with Crippen LogP contribution in [0.15, 0.2) is 10.9 Å². The second kappa shape index (κ2) is 5.07. The highest BCUT2D eigenvalue weighted by Gasteiger charge is 2.30. The van der Waals surface area contributed by atoms with Crippen LogP contribution < -0.4 is 0 Å². The van der Waals surface area contributed by atoms with E-state index in [0.717, 1.165) is 0 Å². The Hall–Kier alpha value is -1.43. The van der Waals surface area contributed by atoms with Crippen LogP contribution in [0.25, 0.3) is 0 Å². The Labute approximate surface area is 97.7 Å². The van der Waals surface area contributed by atoms with Crippen LogP contribution in [0.3, 0.4) is 0 Å². The van der Waals surface area contributed by atoms with Gasteiger partial charge in [0.15, 0.2) is 0 Å². The lowest BCUT2D eigenvalue weighted by Gasteiger charge is -2.26. The predicted octanol–water partition coefficient (Wildman–Crippen LogP) is 1.32. The Bertz CT molecular complexity index is 375. The van der Waals surface area contributed by atoms with Crippen molar-refractivity contribution in [2.45, 2.75) is 19.9 Å². The van der Waals surface area contributed by atoms with Gasteiger partial charge in [0.05, 0.1) is 5.51 Å². The van der Waals surface area contributed by atoms with E-state index in [9.17, 15) is 9.59 Å². The summed E-state index contributed by atoms with van der Waals surface area (Å²) in [7, 11) is 1.49. The van der Waals surface area contributed by atoms with Crippen LogP contribution in [-0.2, 0) is 4.79 Å². The summed E-state index contributed by atoms with van der Waals surface area (Å²) in [5, 5.41) is 10.7. The van der Waals surface area contributed by atoms with Crippen LogP contribution in [0, 0.1) is 5.92 Å². The Kier molecular flexibility index (Phi) is 4.00. The van der Waals surface area contributed by atoms with E-state index in [2.05, 4.69) is 4.98 Å². The first-order valence-corrected chi connectivity index (χ1v) is 5.77. The molecular weight excluding hydrogens is 228 g/mol. The van der Waals surface area contributed by atoms with Crippen molar-refractivity contribution < 1.29 is 14.7 Å². The van der Waals surface area contributed by atoms with Crippen molar-refractivity contribution in [2.24, 2.45) is 5.92 Å². The molecule has 0 bridgehead atoms. The number of nitrogens with zero attached hydrogens (tertiary/aromatic N) is 2. The van der Waals surface area contributed by atoms with Crippen LogP contribution in [0.1, 0.15) is 24.3 Å². The SMILES string of the molecule is CC(C)C(C(=O)O)N(C)C(=O)c1cscn1. The molecule has 0 aliphatic heterocycles. The lowest BCUT2D eigenvalue weighted by Crippen LogP contribution is -2.45. The quantitative estimate of drug-likeness (QED) is 0.864. The summed E-state index contributed by atoms with van der Waals surface area (Å²) in [6, 6.07) is -0.825. The fraction of sp³-hybridized carbons (Fsp3) is 0.500. The second-order valence-electron chi connectivity index (χ2n) is 3.82. The number of carbonyl (C=O) groups excluding carboxylic acids is 1. The highest BCUT2D eigenvalue weighted by Crippen LogP contribution is 2.13. The van der Waals surface area contributed by atoms with Crippen molar-refractivity contribution in [3.63, 3.8) is 0 Å². The molecule has 1 unspecified atom stereocenters. The first-order valence-electron chi connectivity index (χ1n) is 4.83. The Morgan fingerprint density at radius 3 is 2.50 bits per heavy atom. The molecule has 1 aromatic heterocycles. The van der Waals surface area contributed by atoms with Gasteiger partial charge in [-0.2, -0.15) is 0 Å². The molecule has 0 saturated heterocycles. The number of hydrogen-bond donors (Lipinski definition) is 1. The number of likely N-dealkylation sites (N-methyl/N-ethyl adjacent to an activating group) is 1. The summed E-state index contributed by atoms with van der Waals surface area (Å²) in [5.74, 6) is -1.51. The number of rotatable bonds is 4. The van der Waals surface area contributed by atoms with Crippen molar-refractivity contribution >= 4 is 23.2 Å². The van der Waals surface area contributed by atoms with Crippen molar-refractivity contribution in [1.82, 2.24) is 9.88 Å². The fourth-order valence-electron chi connectivity index (χ4n) is 1.52. The first kappa shape index (κ1) is 12.6. The van der Waals surface area contributed by atoms with Crippen LogP contribution >= 0.6 is 11.3 Å². The third-order valence-corrected chi connectivity index (χ3v) is 2.86. The smallest absolute Gasteiger partial charge is 0.326 e. The molecule has 1 heterocycles. The van der Waals surface area contributed by atoms with Gasteiger partial charge in [-0.1, -0.05) is 13.8 Å². The van der Waals surface area contributed by atoms with Gasteiger partial charge in [0, 0.05) is 12.4 Å². The number of hydrogen-bond acceptors (Lipinski definition) is 4. The molecule has 1 rings (SSSR count). The first-order chi connectivity index (χ1) is 7.45. The Morgan fingerprint density at radius 2 is 2.12 bits per heavy atom. The minimum Gasteiger partial charge on any atom is -0.480 e. The van der Waals surface area contributed by atoms with Gasteiger partial charge < -0.3 is 10.0 Å². The largest absolute Gasteiger partial charge is 0.480 e. The molecule has 6 heteroatoms. The fourth-order valence-corrected chi connectivity index (χ4v) is 2.05. The number of aromatic nitrogens is 1. The summed E-state index contributed by atoms with van der Waals surface area (Å²) in [6.07, 6.45) is 0. The monoisotopic (exact) mass is 242 g/mol.